The maximum Gasteiger partial charge on any atom is 0.254 e. The van der Waals surface area contributed by atoms with Gasteiger partial charge in [0.2, 0.25) is 5.91 Å². The average molecular weight is 647 g/mol. The first-order chi connectivity index (χ1) is 21.8. The number of likely N-dealkylation sites (tertiary alicyclic amines) is 2. The van der Waals surface area contributed by atoms with Gasteiger partial charge in [0.1, 0.15) is 17.2 Å². The van der Waals surface area contributed by atoms with Crippen molar-refractivity contribution in [3.05, 3.63) is 93.0 Å². The van der Waals surface area contributed by atoms with Crippen LogP contribution >= 0.6 is 23.2 Å². The second kappa shape index (κ2) is 9.75. The Kier molecular flexibility index (Phi) is 6.02. The summed E-state index contributed by atoms with van der Waals surface area (Å²) in [7, 11) is 0. The summed E-state index contributed by atoms with van der Waals surface area (Å²) in [5, 5.41) is 13.4. The van der Waals surface area contributed by atoms with Crippen molar-refractivity contribution in [1.82, 2.24) is 19.4 Å². The zero-order valence-corrected chi connectivity index (χ0v) is 25.7. The van der Waals surface area contributed by atoms with Crippen LogP contribution in [0.4, 0.5) is 10.1 Å². The van der Waals surface area contributed by atoms with Crippen molar-refractivity contribution in [2.75, 3.05) is 25.0 Å². The van der Waals surface area contributed by atoms with Crippen molar-refractivity contribution in [2.24, 2.45) is 5.92 Å². The molecule has 9 rings (SSSR count). The van der Waals surface area contributed by atoms with Crippen LogP contribution in [-0.4, -0.2) is 68.1 Å². The first kappa shape index (κ1) is 27.8. The number of nitrogens with zero attached hydrogens (tertiary/aromatic N) is 4. The second-order valence-corrected chi connectivity index (χ2v) is 14.0. The molecular weight excluding hydrogens is 616 g/mol. The Bertz CT molecular complexity index is 1940. The molecule has 1 saturated carbocycles. The normalized spacial score (nSPS) is 27.4. The molecule has 1 aromatic heterocycles. The van der Waals surface area contributed by atoms with Crippen LogP contribution in [0.1, 0.15) is 58.4 Å². The maximum atomic E-state index is 16.3. The minimum absolute atomic E-state index is 0.0122. The van der Waals surface area contributed by atoms with Crippen LogP contribution in [0.25, 0.3) is 11.0 Å². The topological polar surface area (TPSA) is 90.7 Å². The number of hydrogen-bond acceptors (Lipinski definition) is 5. The predicted molar refractivity (Wildman–Crippen MR) is 168 cm³/mol. The highest BCUT2D eigenvalue weighted by atomic mass is 35.5. The number of carbonyl (C=O) groups excluding carboxylic acids is 2. The van der Waals surface area contributed by atoms with Crippen molar-refractivity contribution in [2.45, 2.75) is 55.3 Å². The quantitative estimate of drug-likeness (QED) is 0.305. The maximum absolute atomic E-state index is 16.3. The zero-order valence-electron chi connectivity index (χ0n) is 24.2. The van der Waals surface area contributed by atoms with Crippen LogP contribution in [0.2, 0.25) is 10.0 Å². The average Bonchev–Trinajstić information content (AvgIpc) is 3.60. The molecule has 4 atom stereocenters. The lowest BCUT2D eigenvalue weighted by molar-refractivity contribution is -0.128. The molecule has 5 aliphatic rings. The number of carbonyl (C=O) groups is 2. The molecule has 0 unspecified atom stereocenters. The number of β-amino-alcohol motifs (C(OH)–C–C–N with tert-alkyl or cyclic N) is 1. The van der Waals surface area contributed by atoms with Crippen molar-refractivity contribution < 1.29 is 19.1 Å². The lowest BCUT2D eigenvalue weighted by atomic mass is 9.70. The van der Waals surface area contributed by atoms with Gasteiger partial charge < -0.3 is 19.9 Å². The van der Waals surface area contributed by atoms with Gasteiger partial charge in [-0.25, -0.2) is 9.37 Å². The molecule has 4 aliphatic heterocycles. The molecule has 3 fully saturated rings. The molecule has 2 amide bonds. The van der Waals surface area contributed by atoms with Crippen LogP contribution in [0.3, 0.4) is 0 Å². The summed E-state index contributed by atoms with van der Waals surface area (Å²) in [6, 6.07) is 16.0. The molecule has 1 spiro atoms. The van der Waals surface area contributed by atoms with Gasteiger partial charge in [0.25, 0.3) is 5.91 Å². The monoisotopic (exact) mass is 645 g/mol. The van der Waals surface area contributed by atoms with Gasteiger partial charge in [-0.05, 0) is 67.1 Å². The number of halogens is 3. The Hall–Kier alpha value is -3.50. The Morgan fingerprint density at radius 2 is 1.91 bits per heavy atom. The second-order valence-electron chi connectivity index (χ2n) is 13.2. The number of aliphatic hydroxyl groups excluding tert-OH is 1. The van der Waals surface area contributed by atoms with E-state index in [2.05, 4.69) is 14.8 Å². The van der Waals surface area contributed by atoms with Gasteiger partial charge in [-0.1, -0.05) is 41.4 Å². The van der Waals surface area contributed by atoms with Crippen LogP contribution in [0.5, 0.6) is 0 Å². The third kappa shape index (κ3) is 3.87. The number of nitrogens with one attached hydrogen (secondary N) is 1. The van der Waals surface area contributed by atoms with E-state index >= 15 is 4.39 Å². The van der Waals surface area contributed by atoms with Crippen LogP contribution in [0, 0.1) is 11.7 Å². The number of aromatic nitrogens is 2. The summed E-state index contributed by atoms with van der Waals surface area (Å²) >= 11 is 12.8. The molecule has 5 heterocycles. The lowest BCUT2D eigenvalue weighted by Gasteiger charge is -2.40. The smallest absolute Gasteiger partial charge is 0.254 e. The molecule has 0 radical (unpaired) electrons. The third-order valence-electron chi connectivity index (χ3n) is 10.7. The van der Waals surface area contributed by atoms with E-state index < -0.39 is 23.4 Å². The van der Waals surface area contributed by atoms with E-state index in [9.17, 15) is 14.7 Å². The summed E-state index contributed by atoms with van der Waals surface area (Å²) in [6.45, 7) is 2.04. The summed E-state index contributed by atoms with van der Waals surface area (Å²) in [5.74, 6) is -0.586. The van der Waals surface area contributed by atoms with E-state index in [-0.39, 0.29) is 28.8 Å². The first-order valence-corrected chi connectivity index (χ1v) is 16.3. The van der Waals surface area contributed by atoms with Gasteiger partial charge >= 0.3 is 0 Å². The van der Waals surface area contributed by atoms with Crippen molar-refractivity contribution in [3.63, 3.8) is 0 Å². The van der Waals surface area contributed by atoms with Gasteiger partial charge in [-0.15, -0.1) is 0 Å². The number of hydrogen-bond donors (Lipinski definition) is 2. The highest BCUT2D eigenvalue weighted by Crippen LogP contribution is 2.64. The van der Waals surface area contributed by atoms with E-state index in [1.165, 1.54) is 6.07 Å². The Morgan fingerprint density at radius 3 is 2.69 bits per heavy atom. The van der Waals surface area contributed by atoms with E-state index in [1.54, 1.807) is 29.2 Å². The predicted octanol–water partition coefficient (Wildman–Crippen LogP) is 5.51. The van der Waals surface area contributed by atoms with Gasteiger partial charge in [0, 0.05) is 65.9 Å². The fourth-order valence-electron chi connectivity index (χ4n) is 8.53. The fourth-order valence-corrected chi connectivity index (χ4v) is 8.89. The van der Waals surface area contributed by atoms with E-state index in [0.29, 0.717) is 52.9 Å². The number of fused-ring (bicyclic) bond motifs is 7. The Balaban J connectivity index is 1.26. The number of benzene rings is 3. The molecule has 230 valence electrons. The SMILES string of the molecule is O=C(c1ccc2c(c1)nc1n2CC[C@H]2[C@@H]1[C@H](c1cccc(Cl)c1F)[C@]1(C(=O)Nc3cc(Cl)ccc31)N2CC1CC1)N1CC(O)C1. The minimum Gasteiger partial charge on any atom is -0.389 e. The number of aliphatic hydroxyl groups is 1. The molecule has 2 saturated heterocycles. The molecule has 11 heteroatoms. The minimum atomic E-state index is -1.20. The third-order valence-corrected chi connectivity index (χ3v) is 11.2. The van der Waals surface area contributed by atoms with Gasteiger partial charge in [-0.3, -0.25) is 14.5 Å². The summed E-state index contributed by atoms with van der Waals surface area (Å²) < 4.78 is 18.5. The van der Waals surface area contributed by atoms with E-state index in [0.717, 1.165) is 42.7 Å². The Morgan fingerprint density at radius 1 is 1.09 bits per heavy atom. The molecule has 45 heavy (non-hydrogen) atoms. The van der Waals surface area contributed by atoms with Crippen molar-refractivity contribution >= 4 is 51.7 Å². The highest BCUT2D eigenvalue weighted by molar-refractivity contribution is 6.31. The number of imidazole rings is 1. The standard InChI is InChI=1S/C34H30Cl2FN5O3/c35-19-7-8-22-24(13-19)39-33(45)34(22)29(21-2-1-3-23(36)30(21)37)28-27(42(34)14-17-4-5-17)10-11-41-26-9-6-18(12-25(26)38-31(28)41)32(44)40-15-20(43)16-40/h1-3,6-9,12-13,17,20,27-29,43H,4-5,10-11,14-16H2,(H,39,45)/t27-,28+,29-,34+/m0/s1. The molecular formula is C34H30Cl2FN5O3. The zero-order chi connectivity index (χ0) is 30.8. The highest BCUT2D eigenvalue weighted by Gasteiger charge is 2.69. The summed E-state index contributed by atoms with van der Waals surface area (Å²) in [5.41, 5.74) is 2.72. The molecule has 4 aromatic rings. The van der Waals surface area contributed by atoms with Crippen molar-refractivity contribution in [3.8, 4) is 0 Å². The van der Waals surface area contributed by atoms with Crippen molar-refractivity contribution in [1.29, 1.82) is 0 Å². The molecule has 1 aliphatic carbocycles. The van der Waals surface area contributed by atoms with E-state index in [4.69, 9.17) is 28.2 Å². The first-order valence-electron chi connectivity index (χ1n) is 15.6. The van der Waals surface area contributed by atoms with Crippen LogP contribution < -0.4 is 5.32 Å². The number of anilines is 1. The fraction of sp³-hybridized carbons (Fsp3) is 0.382. The largest absolute Gasteiger partial charge is 0.389 e. The van der Waals surface area contributed by atoms with Gasteiger partial charge in [0.15, 0.2) is 0 Å². The van der Waals surface area contributed by atoms with Crippen LogP contribution in [-0.2, 0) is 16.9 Å². The number of rotatable bonds is 4. The molecule has 3 aromatic carbocycles. The molecule has 8 nitrogen and oxygen atoms in total. The lowest BCUT2D eigenvalue weighted by Crippen LogP contribution is -2.53. The molecule has 0 bridgehead atoms. The number of aryl methyl sites for hydroxylation is 1. The molecule has 2 N–H and O–H groups in total. The number of amides is 2. The van der Waals surface area contributed by atoms with Crippen LogP contribution in [0.15, 0.2) is 54.6 Å². The van der Waals surface area contributed by atoms with E-state index in [1.807, 2.05) is 24.3 Å². The van der Waals surface area contributed by atoms with Gasteiger partial charge in [-0.2, -0.15) is 0 Å². The summed E-state index contributed by atoms with van der Waals surface area (Å²) in [6.07, 6.45) is 2.45. The summed E-state index contributed by atoms with van der Waals surface area (Å²) in [4.78, 5) is 36.8. The Labute approximate surface area is 268 Å². The van der Waals surface area contributed by atoms with Gasteiger partial charge in [0.05, 0.1) is 22.2 Å².